The highest BCUT2D eigenvalue weighted by atomic mass is 35.7. The topological polar surface area (TPSA) is 80.0 Å². The number of nitriles is 1. The van der Waals surface area contributed by atoms with Crippen molar-refractivity contribution in [2.75, 3.05) is 7.11 Å². The maximum Gasteiger partial charge on any atom is 0.280 e. The van der Waals surface area contributed by atoms with Crippen LogP contribution in [-0.2, 0) is 9.05 Å². The van der Waals surface area contributed by atoms with Gasteiger partial charge < -0.3 is 4.74 Å². The fourth-order valence-electron chi connectivity index (χ4n) is 1.15. The molecule has 0 unspecified atom stereocenters. The minimum atomic E-state index is -4.31. The summed E-state index contributed by atoms with van der Waals surface area (Å²) in [4.78, 5) is 3.25. The molecule has 0 bridgehead atoms. The number of pyridine rings is 1. The van der Waals surface area contributed by atoms with E-state index >= 15 is 0 Å². The number of ether oxygens (including phenoxy) is 1. The molecule has 17 heavy (non-hydrogen) atoms. The molecule has 1 heterocycles. The summed E-state index contributed by atoms with van der Waals surface area (Å²) in [6, 6.07) is 1.43. The lowest BCUT2D eigenvalue weighted by atomic mass is 10.2. The van der Waals surface area contributed by atoms with Gasteiger partial charge in [-0.25, -0.2) is 22.2 Å². The number of hydrogen-bond donors (Lipinski definition) is 0. The zero-order valence-corrected chi connectivity index (χ0v) is 9.89. The molecule has 1 rings (SSSR count). The van der Waals surface area contributed by atoms with Gasteiger partial charge in [0.2, 0.25) is 0 Å². The van der Waals surface area contributed by atoms with Crippen molar-refractivity contribution in [3.05, 3.63) is 17.3 Å². The van der Waals surface area contributed by atoms with E-state index in [9.17, 15) is 17.2 Å². The lowest BCUT2D eigenvalue weighted by Gasteiger charge is -2.10. The van der Waals surface area contributed by atoms with Crippen molar-refractivity contribution in [3.8, 4) is 11.8 Å². The van der Waals surface area contributed by atoms with E-state index in [1.54, 1.807) is 0 Å². The number of rotatable bonds is 3. The van der Waals surface area contributed by atoms with E-state index in [-0.39, 0.29) is 0 Å². The van der Waals surface area contributed by atoms with Gasteiger partial charge in [0, 0.05) is 16.9 Å². The van der Waals surface area contributed by atoms with Gasteiger partial charge in [0.25, 0.3) is 15.5 Å². The van der Waals surface area contributed by atoms with Gasteiger partial charge in [-0.05, 0) is 0 Å². The number of alkyl halides is 2. The first-order valence-corrected chi connectivity index (χ1v) is 6.33. The van der Waals surface area contributed by atoms with Gasteiger partial charge in [-0.15, -0.1) is 0 Å². The Bertz CT molecular complexity index is 583. The van der Waals surface area contributed by atoms with E-state index < -0.39 is 37.4 Å². The summed E-state index contributed by atoms with van der Waals surface area (Å²) in [6.45, 7) is 0. The summed E-state index contributed by atoms with van der Waals surface area (Å²) < 4.78 is 51.8. The highest BCUT2D eigenvalue weighted by Gasteiger charge is 2.26. The lowest BCUT2D eigenvalue weighted by molar-refractivity contribution is 0.146. The van der Waals surface area contributed by atoms with E-state index in [2.05, 4.69) is 9.72 Å². The van der Waals surface area contributed by atoms with Gasteiger partial charge in [0.05, 0.1) is 12.7 Å². The molecule has 0 saturated carbocycles. The van der Waals surface area contributed by atoms with Crippen LogP contribution >= 0.6 is 10.7 Å². The van der Waals surface area contributed by atoms with Gasteiger partial charge in [-0.1, -0.05) is 0 Å². The summed E-state index contributed by atoms with van der Waals surface area (Å²) in [5, 5.41) is 7.96. The van der Waals surface area contributed by atoms with Gasteiger partial charge in [-0.3, -0.25) is 0 Å². The molecule has 9 heteroatoms. The molecule has 0 saturated heterocycles. The number of methoxy groups -OCH3 is 1. The van der Waals surface area contributed by atoms with Crippen LogP contribution < -0.4 is 4.74 Å². The van der Waals surface area contributed by atoms with Gasteiger partial charge >= 0.3 is 0 Å². The van der Waals surface area contributed by atoms with Crippen LogP contribution in [0, 0.1) is 11.3 Å². The third-order valence-corrected chi connectivity index (χ3v) is 3.02. The second-order valence-electron chi connectivity index (χ2n) is 2.78. The molecule has 0 aliphatic rings. The lowest BCUT2D eigenvalue weighted by Crippen LogP contribution is -2.05. The summed E-state index contributed by atoms with van der Waals surface area (Å²) in [5.41, 5.74) is -1.31. The van der Waals surface area contributed by atoms with Crippen molar-refractivity contribution in [3.63, 3.8) is 0 Å². The summed E-state index contributed by atoms with van der Waals surface area (Å²) in [6.07, 6.45) is -2.34. The normalized spacial score (nSPS) is 11.3. The number of halogens is 3. The summed E-state index contributed by atoms with van der Waals surface area (Å²) in [5.74, 6) is -0.545. The molecular formula is C8H5ClF2N2O3S. The van der Waals surface area contributed by atoms with Gasteiger partial charge in [-0.2, -0.15) is 5.26 Å². The molecular weight excluding hydrogens is 278 g/mol. The minimum absolute atomic E-state index is 0.545. The van der Waals surface area contributed by atoms with Crippen molar-refractivity contribution in [1.82, 2.24) is 4.98 Å². The van der Waals surface area contributed by atoms with Crippen molar-refractivity contribution < 1.29 is 21.9 Å². The first-order chi connectivity index (χ1) is 7.82. The maximum atomic E-state index is 12.5. The molecule has 0 fully saturated rings. The number of hydrogen-bond acceptors (Lipinski definition) is 5. The minimum Gasteiger partial charge on any atom is -0.495 e. The van der Waals surface area contributed by atoms with Crippen LogP contribution in [0.25, 0.3) is 0 Å². The van der Waals surface area contributed by atoms with E-state index in [0.29, 0.717) is 6.20 Å². The van der Waals surface area contributed by atoms with Crippen molar-refractivity contribution in [2.45, 2.75) is 11.5 Å². The Hall–Kier alpha value is -1.46. The number of aromatic nitrogens is 1. The van der Waals surface area contributed by atoms with Gasteiger partial charge in [0.1, 0.15) is 17.4 Å². The molecule has 0 aliphatic carbocycles. The third kappa shape index (κ3) is 2.62. The van der Waals surface area contributed by atoms with Crippen LogP contribution in [0.5, 0.6) is 5.75 Å². The molecule has 0 spiro atoms. The van der Waals surface area contributed by atoms with Crippen LogP contribution in [-0.4, -0.2) is 20.5 Å². The first kappa shape index (κ1) is 13.6. The van der Waals surface area contributed by atoms with Crippen molar-refractivity contribution >= 4 is 19.7 Å². The molecule has 0 amide bonds. The Kier molecular flexibility index (Phi) is 3.85. The zero-order chi connectivity index (χ0) is 13.2. The Morgan fingerprint density at radius 1 is 1.59 bits per heavy atom. The van der Waals surface area contributed by atoms with E-state index in [1.807, 2.05) is 0 Å². The molecule has 1 aromatic heterocycles. The second-order valence-corrected chi connectivity index (χ2v) is 5.26. The molecule has 0 N–H and O–H groups in total. The van der Waals surface area contributed by atoms with E-state index in [1.165, 1.54) is 6.07 Å². The highest BCUT2D eigenvalue weighted by Crippen LogP contribution is 2.34. The molecule has 0 aliphatic heterocycles. The van der Waals surface area contributed by atoms with Crippen LogP contribution in [0.1, 0.15) is 17.6 Å². The average Bonchev–Trinajstić information content (AvgIpc) is 2.25. The average molecular weight is 283 g/mol. The highest BCUT2D eigenvalue weighted by molar-refractivity contribution is 8.13. The SMILES string of the molecule is COc1c(C(F)F)cnc(S(=O)(=O)Cl)c1C#N. The smallest absolute Gasteiger partial charge is 0.280 e. The molecule has 0 atom stereocenters. The molecule has 0 radical (unpaired) electrons. The Balaban J connectivity index is 3.68. The largest absolute Gasteiger partial charge is 0.495 e. The fourth-order valence-corrected chi connectivity index (χ4v) is 2.06. The zero-order valence-electron chi connectivity index (χ0n) is 8.32. The van der Waals surface area contributed by atoms with Crippen molar-refractivity contribution in [1.29, 1.82) is 5.26 Å². The Labute approximate surface area is 100 Å². The standard InChI is InChI=1S/C8H5ClF2N2O3S/c1-16-6-4(2-12)8(17(9,14)15)13-3-5(6)7(10)11/h3,7H,1H3. The van der Waals surface area contributed by atoms with Crippen LogP contribution in [0.2, 0.25) is 0 Å². The Morgan fingerprint density at radius 3 is 2.53 bits per heavy atom. The summed E-state index contributed by atoms with van der Waals surface area (Å²) >= 11 is 0. The monoisotopic (exact) mass is 282 g/mol. The maximum absolute atomic E-state index is 12.5. The second kappa shape index (κ2) is 4.81. The quantitative estimate of drug-likeness (QED) is 0.790. The number of nitrogens with zero attached hydrogens (tertiary/aromatic N) is 2. The Morgan fingerprint density at radius 2 is 2.18 bits per heavy atom. The van der Waals surface area contributed by atoms with E-state index in [4.69, 9.17) is 15.9 Å². The first-order valence-electron chi connectivity index (χ1n) is 4.02. The molecule has 0 aromatic carbocycles. The van der Waals surface area contributed by atoms with E-state index in [0.717, 1.165) is 7.11 Å². The predicted molar refractivity (Wildman–Crippen MR) is 53.5 cm³/mol. The van der Waals surface area contributed by atoms with Gasteiger partial charge in [0.15, 0.2) is 5.03 Å². The van der Waals surface area contributed by atoms with Crippen LogP contribution in [0.3, 0.4) is 0 Å². The summed E-state index contributed by atoms with van der Waals surface area (Å²) in [7, 11) is 1.75. The molecule has 5 nitrogen and oxygen atoms in total. The van der Waals surface area contributed by atoms with Crippen molar-refractivity contribution in [2.24, 2.45) is 0 Å². The molecule has 92 valence electrons. The fraction of sp³-hybridized carbons (Fsp3) is 0.250. The molecule has 1 aromatic rings. The van der Waals surface area contributed by atoms with Crippen LogP contribution in [0.4, 0.5) is 8.78 Å². The predicted octanol–water partition coefficient (Wildman–Crippen LogP) is 1.83. The van der Waals surface area contributed by atoms with Crippen LogP contribution in [0.15, 0.2) is 11.2 Å². The third-order valence-electron chi connectivity index (χ3n) is 1.81.